The number of carbonyl (C=O) groups excluding carboxylic acids is 2. The maximum atomic E-state index is 15.2. The molecule has 60 heavy (non-hydrogen) atoms. The fourth-order valence-corrected chi connectivity index (χ4v) is 9.36. The topological polar surface area (TPSA) is 132 Å². The highest BCUT2D eigenvalue weighted by Crippen LogP contribution is 2.46. The van der Waals surface area contributed by atoms with Gasteiger partial charge >= 0.3 is 18.3 Å². The monoisotopic (exact) mass is 866 g/mol. The van der Waals surface area contributed by atoms with Gasteiger partial charge in [-0.3, -0.25) is 14.4 Å². The Morgan fingerprint density at radius 2 is 1.72 bits per heavy atom. The molecule has 1 aromatic carbocycles. The summed E-state index contributed by atoms with van der Waals surface area (Å²) in [5.74, 6) is -2.14. The first-order valence-corrected chi connectivity index (χ1v) is 21.3. The minimum Gasteiger partial charge on any atom is -0.490 e. The van der Waals surface area contributed by atoms with Gasteiger partial charge in [0.25, 0.3) is 11.8 Å². The third kappa shape index (κ3) is 10.1. The number of carboxylic acids is 1. The SMILES string of the molecule is CCC[C@H]1N(C(=O)C2(C)NC=CC=C2C(F)(F)F)CCC[C@@]1(Oc1csc(C(F)(F)F)c1)C(=O)N1CCC(C#N)(c2ccccc2O[C@H](C)CCCCCCC(=O)O)CC1. The number of alkyl halides is 6. The highest BCUT2D eigenvalue weighted by atomic mass is 32.1. The highest BCUT2D eigenvalue weighted by Gasteiger charge is 2.60. The summed E-state index contributed by atoms with van der Waals surface area (Å²) >= 11 is 0.379. The Bertz CT molecular complexity index is 1950. The fourth-order valence-electron chi connectivity index (χ4n) is 8.68. The standard InChI is InChI=1S/C43H52F6N4O6S/c1-4-13-34-41(59-30-26-35(60-27-30)43(47,48)49,19-12-23-53(34)37(56)39(3)33(42(44,45)46)17-11-22-51-39)38(57)52-24-20-40(28-50,21-25-52)31-15-9-10-16-32(31)58-29(2)14-7-5-6-8-18-36(54)55/h9-11,15-17,22,26-27,29,34,51H,4-8,12-14,18-21,23-25H2,1-3H3,(H,54,55)/t29-,34-,39?,41+/m1/s1. The van der Waals surface area contributed by atoms with Crippen LogP contribution in [0.5, 0.6) is 11.5 Å². The molecule has 17 heteroatoms. The van der Waals surface area contributed by atoms with E-state index in [9.17, 15) is 41.2 Å². The first kappa shape index (κ1) is 46.3. The van der Waals surface area contributed by atoms with Gasteiger partial charge in [0, 0.05) is 49.5 Å². The largest absolute Gasteiger partial charge is 0.490 e. The second kappa shape index (κ2) is 18.9. The molecule has 2 amide bonds. The number of nitrogens with one attached hydrogen (secondary N) is 1. The number of para-hydroxylation sites is 1. The van der Waals surface area contributed by atoms with Gasteiger partial charge in [-0.15, -0.1) is 11.3 Å². The predicted molar refractivity (Wildman–Crippen MR) is 212 cm³/mol. The zero-order valence-electron chi connectivity index (χ0n) is 34.0. The number of piperidine rings is 2. The second-order valence-electron chi connectivity index (χ2n) is 16.0. The van der Waals surface area contributed by atoms with Crippen LogP contribution in [0.25, 0.3) is 0 Å². The number of aliphatic carboxylic acids is 1. The van der Waals surface area contributed by atoms with E-state index in [1.807, 2.05) is 13.0 Å². The minimum absolute atomic E-state index is 0.0249. The molecule has 1 aromatic heterocycles. The lowest BCUT2D eigenvalue weighted by atomic mass is 9.72. The predicted octanol–water partition coefficient (Wildman–Crippen LogP) is 9.32. The van der Waals surface area contributed by atoms with E-state index < -0.39 is 63.2 Å². The van der Waals surface area contributed by atoms with Crippen LogP contribution < -0.4 is 14.8 Å². The van der Waals surface area contributed by atoms with Crippen molar-refractivity contribution in [2.45, 2.75) is 139 Å². The maximum absolute atomic E-state index is 15.2. The Balaban J connectivity index is 1.43. The van der Waals surface area contributed by atoms with E-state index in [2.05, 4.69) is 11.4 Å². The summed E-state index contributed by atoms with van der Waals surface area (Å²) in [6, 6.07) is 9.29. The van der Waals surface area contributed by atoms with Crippen molar-refractivity contribution in [2.24, 2.45) is 0 Å². The Morgan fingerprint density at radius 3 is 2.35 bits per heavy atom. The minimum atomic E-state index is -4.89. The molecule has 1 unspecified atom stereocenters. The van der Waals surface area contributed by atoms with Crippen LogP contribution in [-0.2, 0) is 26.0 Å². The number of hydrogen-bond donors (Lipinski definition) is 2. The average Bonchev–Trinajstić information content (AvgIpc) is 3.68. The molecule has 4 heterocycles. The molecule has 2 aromatic rings. The summed E-state index contributed by atoms with van der Waals surface area (Å²) in [6.45, 7) is 4.86. The number of unbranched alkanes of at least 4 members (excludes halogenated alkanes) is 3. The molecule has 10 nitrogen and oxygen atoms in total. The number of likely N-dealkylation sites (tertiary alicyclic amines) is 2. The first-order valence-electron chi connectivity index (χ1n) is 20.4. The lowest BCUT2D eigenvalue weighted by Crippen LogP contribution is -2.71. The van der Waals surface area contributed by atoms with Gasteiger partial charge in [0.05, 0.1) is 29.2 Å². The summed E-state index contributed by atoms with van der Waals surface area (Å²) in [4.78, 5) is 42.2. The van der Waals surface area contributed by atoms with Gasteiger partial charge in [-0.25, -0.2) is 0 Å². The molecule has 0 spiro atoms. The molecular formula is C43H52F6N4O6S. The number of thiophene rings is 1. The molecule has 0 radical (unpaired) electrons. The van der Waals surface area contributed by atoms with Crippen LogP contribution in [0.3, 0.4) is 0 Å². The third-order valence-electron chi connectivity index (χ3n) is 11.8. The van der Waals surface area contributed by atoms with Crippen molar-refractivity contribution >= 4 is 29.1 Å². The molecule has 328 valence electrons. The van der Waals surface area contributed by atoms with Crippen molar-refractivity contribution in [3.63, 3.8) is 0 Å². The number of halogens is 6. The molecule has 0 bridgehead atoms. The van der Waals surface area contributed by atoms with E-state index in [0.29, 0.717) is 41.9 Å². The van der Waals surface area contributed by atoms with Gasteiger partial charge in [-0.05, 0) is 83.2 Å². The van der Waals surface area contributed by atoms with Crippen LogP contribution in [0.1, 0.15) is 108 Å². The van der Waals surface area contributed by atoms with E-state index >= 15 is 4.79 Å². The Labute approximate surface area is 350 Å². The van der Waals surface area contributed by atoms with E-state index in [-0.39, 0.29) is 70.0 Å². The molecule has 3 aliphatic heterocycles. The number of nitriles is 1. The zero-order chi connectivity index (χ0) is 43.9. The van der Waals surface area contributed by atoms with E-state index in [0.717, 1.165) is 49.8 Å². The summed E-state index contributed by atoms with van der Waals surface area (Å²) in [6.07, 6.45) is -1.88. The van der Waals surface area contributed by atoms with Crippen molar-refractivity contribution < 1.29 is 55.3 Å². The molecule has 3 aliphatic rings. The molecule has 0 saturated carbocycles. The van der Waals surface area contributed by atoms with Gasteiger partial charge < -0.3 is 29.7 Å². The van der Waals surface area contributed by atoms with Crippen LogP contribution >= 0.6 is 11.3 Å². The van der Waals surface area contributed by atoms with Crippen LogP contribution in [0.4, 0.5) is 26.3 Å². The first-order chi connectivity index (χ1) is 28.3. The number of amides is 2. The fraction of sp³-hybridized carbons (Fsp3) is 0.581. The molecule has 5 rings (SSSR count). The van der Waals surface area contributed by atoms with Crippen LogP contribution in [0.15, 0.2) is 59.6 Å². The van der Waals surface area contributed by atoms with Crippen molar-refractivity contribution in [3.05, 3.63) is 70.1 Å². The molecular weight excluding hydrogens is 815 g/mol. The smallest absolute Gasteiger partial charge is 0.425 e. The van der Waals surface area contributed by atoms with Crippen LogP contribution in [0, 0.1) is 11.3 Å². The van der Waals surface area contributed by atoms with Gasteiger partial charge in [0.1, 0.15) is 21.9 Å². The number of ether oxygens (including phenoxy) is 2. The number of benzene rings is 1. The zero-order valence-corrected chi connectivity index (χ0v) is 34.8. The number of nitrogens with zero attached hydrogens (tertiary/aromatic N) is 3. The normalized spacial score (nSPS) is 23.5. The summed E-state index contributed by atoms with van der Waals surface area (Å²) in [5.41, 5.74) is -5.83. The third-order valence-corrected chi connectivity index (χ3v) is 12.8. The average molecular weight is 867 g/mol. The molecule has 2 fully saturated rings. The molecule has 2 N–H and O–H groups in total. The Hall–Kier alpha value is -4.72. The van der Waals surface area contributed by atoms with Gasteiger partial charge in [0.2, 0.25) is 5.60 Å². The van der Waals surface area contributed by atoms with Gasteiger partial charge in [-0.2, -0.15) is 31.6 Å². The second-order valence-corrected chi connectivity index (χ2v) is 16.9. The summed E-state index contributed by atoms with van der Waals surface area (Å²) in [7, 11) is 0. The molecule has 0 aliphatic carbocycles. The van der Waals surface area contributed by atoms with Crippen molar-refractivity contribution in [2.75, 3.05) is 19.6 Å². The Kier molecular flexibility index (Phi) is 14.6. The van der Waals surface area contributed by atoms with Crippen molar-refractivity contribution in [1.29, 1.82) is 5.26 Å². The Morgan fingerprint density at radius 1 is 1.02 bits per heavy atom. The number of hydrogen-bond acceptors (Lipinski definition) is 8. The summed E-state index contributed by atoms with van der Waals surface area (Å²) < 4.78 is 97.4. The van der Waals surface area contributed by atoms with Gasteiger partial charge in [0.15, 0.2) is 0 Å². The number of allylic oxidation sites excluding steroid dienone is 2. The molecule has 2 saturated heterocycles. The van der Waals surface area contributed by atoms with E-state index in [1.54, 1.807) is 25.1 Å². The van der Waals surface area contributed by atoms with Crippen LogP contribution in [-0.4, -0.2) is 81.8 Å². The summed E-state index contributed by atoms with van der Waals surface area (Å²) in [5, 5.41) is 23.3. The highest BCUT2D eigenvalue weighted by molar-refractivity contribution is 7.10. The lowest BCUT2D eigenvalue weighted by molar-refractivity contribution is -0.170. The van der Waals surface area contributed by atoms with Crippen molar-refractivity contribution in [1.82, 2.24) is 15.1 Å². The van der Waals surface area contributed by atoms with E-state index in [4.69, 9.17) is 14.6 Å². The number of rotatable bonds is 16. The maximum Gasteiger partial charge on any atom is 0.425 e. The quantitative estimate of drug-likeness (QED) is 0.126. The lowest BCUT2D eigenvalue weighted by Gasteiger charge is -2.52. The molecule has 4 atom stereocenters. The van der Waals surface area contributed by atoms with Crippen molar-refractivity contribution in [3.8, 4) is 17.6 Å². The van der Waals surface area contributed by atoms with E-state index in [1.165, 1.54) is 16.0 Å². The van der Waals surface area contributed by atoms with Gasteiger partial charge in [-0.1, -0.05) is 44.4 Å². The number of carbonyl (C=O) groups is 3. The number of carboxylic acid groups (broad SMARTS) is 1. The van der Waals surface area contributed by atoms with Crippen LogP contribution in [0.2, 0.25) is 0 Å². The number of dihydropyridines is 1.